The van der Waals surface area contributed by atoms with E-state index in [9.17, 15) is 14.4 Å². The number of ether oxygens (including phenoxy) is 3. The minimum absolute atomic E-state index is 0.0792. The summed E-state index contributed by atoms with van der Waals surface area (Å²) in [6.45, 7) is 6.48. The minimum Gasteiger partial charge on any atom is -0.462 e. The van der Waals surface area contributed by atoms with E-state index in [1.54, 1.807) is 0 Å². The molecule has 1 unspecified atom stereocenters. The van der Waals surface area contributed by atoms with Crippen molar-refractivity contribution < 1.29 is 28.6 Å². The first kappa shape index (κ1) is 65.6. The molecule has 0 radical (unpaired) electrons. The van der Waals surface area contributed by atoms with Gasteiger partial charge in [-0.1, -0.05) is 247 Å². The lowest BCUT2D eigenvalue weighted by Gasteiger charge is -2.18. The van der Waals surface area contributed by atoms with Crippen molar-refractivity contribution in [2.45, 2.75) is 284 Å². The lowest BCUT2D eigenvalue weighted by atomic mass is 10.1. The molecule has 0 N–H and O–H groups in total. The second kappa shape index (κ2) is 57.2. The van der Waals surface area contributed by atoms with E-state index < -0.39 is 6.10 Å². The Bertz CT molecular complexity index is 1330. The van der Waals surface area contributed by atoms with Crippen LogP contribution in [0.4, 0.5) is 0 Å². The third-order valence-electron chi connectivity index (χ3n) is 12.4. The van der Waals surface area contributed by atoms with Crippen molar-refractivity contribution in [3.8, 4) is 0 Å². The monoisotopic (exact) mass is 961 g/mol. The third kappa shape index (κ3) is 55.4. The van der Waals surface area contributed by atoms with Crippen molar-refractivity contribution in [1.82, 2.24) is 0 Å². The fourth-order valence-electron chi connectivity index (χ4n) is 8.03. The zero-order chi connectivity index (χ0) is 50.0. The molecule has 6 heteroatoms. The Morgan fingerprint density at radius 1 is 0.304 bits per heavy atom. The summed E-state index contributed by atoms with van der Waals surface area (Å²) in [6, 6.07) is 0. The molecule has 0 aromatic carbocycles. The fourth-order valence-corrected chi connectivity index (χ4v) is 8.03. The number of carbonyl (C=O) groups excluding carboxylic acids is 3. The molecule has 396 valence electrons. The molecule has 0 spiro atoms. The fraction of sp³-hybridized carbons (Fsp3) is 0.730. The molecule has 69 heavy (non-hydrogen) atoms. The van der Waals surface area contributed by atoms with Gasteiger partial charge in [0.15, 0.2) is 6.10 Å². The summed E-state index contributed by atoms with van der Waals surface area (Å²) < 4.78 is 16.8. The van der Waals surface area contributed by atoms with Gasteiger partial charge in [-0.25, -0.2) is 0 Å². The van der Waals surface area contributed by atoms with Crippen LogP contribution in [0.15, 0.2) is 85.1 Å². The Labute approximate surface area is 426 Å². The van der Waals surface area contributed by atoms with Crippen molar-refractivity contribution in [2.75, 3.05) is 13.2 Å². The van der Waals surface area contributed by atoms with Crippen LogP contribution in [0, 0.1) is 0 Å². The van der Waals surface area contributed by atoms with Gasteiger partial charge in [-0.15, -0.1) is 0 Å². The van der Waals surface area contributed by atoms with Gasteiger partial charge in [0.1, 0.15) is 13.2 Å². The predicted molar refractivity (Wildman–Crippen MR) is 297 cm³/mol. The lowest BCUT2D eigenvalue weighted by molar-refractivity contribution is -0.167. The molecule has 0 aromatic rings. The highest BCUT2D eigenvalue weighted by Gasteiger charge is 2.19. The first-order chi connectivity index (χ1) is 34.0. The summed E-state index contributed by atoms with van der Waals surface area (Å²) in [7, 11) is 0. The number of hydrogen-bond acceptors (Lipinski definition) is 6. The van der Waals surface area contributed by atoms with Crippen LogP contribution in [0.5, 0.6) is 0 Å². The SMILES string of the molecule is CC/C=C\C/C=C\C/C=C\C/C=C\C/C=C\C/C=C\CCCCCCCCCCCCC(=O)OCC(COC(=O)CCCCCCCCC)OC(=O)CCCCCCC/C=C\CCCCCCCC. The van der Waals surface area contributed by atoms with Crippen LogP contribution >= 0.6 is 0 Å². The molecule has 0 amide bonds. The largest absolute Gasteiger partial charge is 0.462 e. The van der Waals surface area contributed by atoms with E-state index in [1.807, 2.05) is 0 Å². The van der Waals surface area contributed by atoms with Crippen molar-refractivity contribution in [2.24, 2.45) is 0 Å². The standard InChI is InChI=1S/C63H108O6/c1-4-7-10-13-16-18-20-22-24-25-26-27-28-29-30-31-32-33-34-35-36-37-39-40-42-44-47-50-53-56-62(65)68-59-60(58-67-61(64)55-52-49-46-15-12-9-6-3)69-63(66)57-54-51-48-45-43-41-38-23-21-19-17-14-11-8-5-2/h7,10,16,18,22-24,26-27,29-30,32-33,38,60H,4-6,8-9,11-15,17,19-21,25,28,31,34-37,39-59H2,1-3H3/b10-7-,18-16-,24-22-,27-26-,30-29-,33-32-,38-23-. The summed E-state index contributed by atoms with van der Waals surface area (Å²) >= 11 is 0. The molecule has 0 rings (SSSR count). The molecule has 0 heterocycles. The molecule has 1 atom stereocenters. The van der Waals surface area contributed by atoms with Crippen LogP contribution in [0.1, 0.15) is 278 Å². The van der Waals surface area contributed by atoms with Gasteiger partial charge in [-0.3, -0.25) is 14.4 Å². The van der Waals surface area contributed by atoms with Gasteiger partial charge in [-0.2, -0.15) is 0 Å². The highest BCUT2D eigenvalue weighted by Crippen LogP contribution is 2.15. The lowest BCUT2D eigenvalue weighted by Crippen LogP contribution is -2.30. The van der Waals surface area contributed by atoms with E-state index in [0.29, 0.717) is 19.3 Å². The number of esters is 3. The quantitative estimate of drug-likeness (QED) is 0.0262. The van der Waals surface area contributed by atoms with E-state index in [4.69, 9.17) is 14.2 Å². The van der Waals surface area contributed by atoms with E-state index in [2.05, 4.69) is 106 Å². The first-order valence-corrected chi connectivity index (χ1v) is 29.1. The van der Waals surface area contributed by atoms with Crippen LogP contribution in [-0.4, -0.2) is 37.2 Å². The van der Waals surface area contributed by atoms with Crippen molar-refractivity contribution in [3.63, 3.8) is 0 Å². The Morgan fingerprint density at radius 3 is 0.899 bits per heavy atom. The minimum atomic E-state index is -0.778. The van der Waals surface area contributed by atoms with Crippen LogP contribution < -0.4 is 0 Å². The molecule has 6 nitrogen and oxygen atoms in total. The van der Waals surface area contributed by atoms with Crippen LogP contribution in [-0.2, 0) is 28.6 Å². The molecule has 0 aliphatic heterocycles. The van der Waals surface area contributed by atoms with Crippen molar-refractivity contribution >= 4 is 17.9 Å². The second-order valence-corrected chi connectivity index (χ2v) is 19.2. The summed E-state index contributed by atoms with van der Waals surface area (Å²) in [5.41, 5.74) is 0. The van der Waals surface area contributed by atoms with Gasteiger partial charge in [0, 0.05) is 19.3 Å². The number of rotatable bonds is 52. The number of hydrogen-bond donors (Lipinski definition) is 0. The van der Waals surface area contributed by atoms with Gasteiger partial charge in [-0.05, 0) is 96.3 Å². The summed E-state index contributed by atoms with van der Waals surface area (Å²) in [5.74, 6) is -0.894. The van der Waals surface area contributed by atoms with Gasteiger partial charge in [0.05, 0.1) is 0 Å². The molecule has 0 saturated carbocycles. The van der Waals surface area contributed by atoms with Gasteiger partial charge >= 0.3 is 17.9 Å². The first-order valence-electron chi connectivity index (χ1n) is 29.1. The third-order valence-corrected chi connectivity index (χ3v) is 12.4. The predicted octanol–water partition coefficient (Wildman–Crippen LogP) is 19.5. The molecule has 0 aromatic heterocycles. The Kier molecular flexibility index (Phi) is 54.3. The highest BCUT2D eigenvalue weighted by molar-refractivity contribution is 5.71. The normalized spacial score (nSPS) is 12.7. The zero-order valence-electron chi connectivity index (χ0n) is 45.3. The van der Waals surface area contributed by atoms with E-state index >= 15 is 0 Å². The van der Waals surface area contributed by atoms with Gasteiger partial charge in [0.25, 0.3) is 0 Å². The highest BCUT2D eigenvalue weighted by atomic mass is 16.6. The molecular formula is C63H108O6. The molecular weight excluding hydrogens is 853 g/mol. The van der Waals surface area contributed by atoms with Crippen molar-refractivity contribution in [3.05, 3.63) is 85.1 Å². The topological polar surface area (TPSA) is 78.9 Å². The maximum absolute atomic E-state index is 12.8. The molecule has 0 bridgehead atoms. The summed E-state index contributed by atoms with van der Waals surface area (Å²) in [4.78, 5) is 37.9. The summed E-state index contributed by atoms with van der Waals surface area (Å²) in [6.07, 6.45) is 74.6. The maximum Gasteiger partial charge on any atom is 0.306 e. The van der Waals surface area contributed by atoms with E-state index in [-0.39, 0.29) is 31.1 Å². The van der Waals surface area contributed by atoms with Gasteiger partial charge in [0.2, 0.25) is 0 Å². The molecule has 0 fully saturated rings. The number of allylic oxidation sites excluding steroid dienone is 14. The maximum atomic E-state index is 12.8. The van der Waals surface area contributed by atoms with Gasteiger partial charge < -0.3 is 14.2 Å². The number of unbranched alkanes of at least 4 members (excludes halogenated alkanes) is 27. The van der Waals surface area contributed by atoms with E-state index in [1.165, 1.54) is 128 Å². The summed E-state index contributed by atoms with van der Waals surface area (Å²) in [5, 5.41) is 0. The van der Waals surface area contributed by atoms with Crippen LogP contribution in [0.25, 0.3) is 0 Å². The number of carbonyl (C=O) groups is 3. The molecule has 0 saturated heterocycles. The van der Waals surface area contributed by atoms with Crippen LogP contribution in [0.3, 0.4) is 0 Å². The Balaban J connectivity index is 4.14. The average molecular weight is 962 g/mol. The second-order valence-electron chi connectivity index (χ2n) is 19.2. The Hall–Kier alpha value is -3.41. The van der Waals surface area contributed by atoms with E-state index in [0.717, 1.165) is 109 Å². The Morgan fingerprint density at radius 2 is 0.565 bits per heavy atom. The van der Waals surface area contributed by atoms with Crippen molar-refractivity contribution in [1.29, 1.82) is 0 Å². The molecule has 0 aliphatic carbocycles. The smallest absolute Gasteiger partial charge is 0.306 e. The van der Waals surface area contributed by atoms with Crippen LogP contribution in [0.2, 0.25) is 0 Å². The zero-order valence-corrected chi connectivity index (χ0v) is 45.3. The molecule has 0 aliphatic rings. The average Bonchev–Trinajstić information content (AvgIpc) is 3.35.